The number of amides is 7. The number of aliphatic imine (C=N–C) groups is 2. The molecule has 1 saturated heterocycles. The fourth-order valence-corrected chi connectivity index (χ4v) is 9.17. The molecule has 0 saturated carbocycles. The van der Waals surface area contributed by atoms with Gasteiger partial charge in [0.15, 0.2) is 17.7 Å². The first-order chi connectivity index (χ1) is 36.9. The van der Waals surface area contributed by atoms with Crippen LogP contribution in [0.25, 0.3) is 10.9 Å². The summed E-state index contributed by atoms with van der Waals surface area (Å²) >= 11 is 0. The van der Waals surface area contributed by atoms with Crippen molar-refractivity contribution in [3.8, 4) is 0 Å². The second-order valence-electron chi connectivity index (χ2n) is 20.9. The third-order valence-corrected chi connectivity index (χ3v) is 13.5. The molecule has 1 aromatic heterocycles. The number of hydrogen-bond acceptors (Lipinski definition) is 12. The molecule has 7 amide bonds. The molecule has 0 radical (unpaired) electrons. The predicted octanol–water partition coefficient (Wildman–Crippen LogP) is -0.523. The van der Waals surface area contributed by atoms with E-state index in [2.05, 4.69) is 67.6 Å². The number of benzene rings is 2. The Morgan fingerprint density at radius 3 is 2.04 bits per heavy atom. The van der Waals surface area contributed by atoms with Gasteiger partial charge in [0.1, 0.15) is 30.0 Å². The Kier molecular flexibility index (Phi) is 24.7. The van der Waals surface area contributed by atoms with E-state index in [4.69, 9.17) is 34.4 Å². The summed E-state index contributed by atoms with van der Waals surface area (Å²) in [5.41, 5.74) is 37.0. The van der Waals surface area contributed by atoms with E-state index >= 15 is 0 Å². The number of H-pyrrole nitrogens is 1. The van der Waals surface area contributed by atoms with Crippen LogP contribution in [0.4, 0.5) is 0 Å². The van der Waals surface area contributed by atoms with Crippen LogP contribution in [0.5, 0.6) is 0 Å². The number of aromatic nitrogens is 1. The van der Waals surface area contributed by atoms with Gasteiger partial charge in [0.25, 0.3) is 0 Å². The molecule has 19 N–H and O–H groups in total. The maximum absolute atomic E-state index is 14.9. The lowest BCUT2D eigenvalue weighted by molar-refractivity contribution is -0.135. The number of hydrogen-bond donors (Lipinski definition) is 13. The van der Waals surface area contributed by atoms with E-state index in [1.165, 1.54) is 6.92 Å². The van der Waals surface area contributed by atoms with Crippen LogP contribution in [-0.4, -0.2) is 126 Å². The van der Waals surface area contributed by atoms with Crippen LogP contribution in [-0.2, 0) is 61.4 Å². The summed E-state index contributed by atoms with van der Waals surface area (Å²) in [4.78, 5) is 137. The van der Waals surface area contributed by atoms with Gasteiger partial charge in [0, 0.05) is 74.8 Å². The molecule has 0 spiro atoms. The molecule has 3 aromatic rings. The highest BCUT2D eigenvalue weighted by molar-refractivity contribution is 5.98. The highest BCUT2D eigenvalue weighted by Crippen LogP contribution is 2.27. The van der Waals surface area contributed by atoms with E-state index in [9.17, 15) is 43.2 Å². The third-order valence-electron chi connectivity index (χ3n) is 13.5. The number of aromatic amines is 1. The van der Waals surface area contributed by atoms with Gasteiger partial charge in [-0.15, -0.1) is 0 Å². The molecule has 0 aliphatic carbocycles. The third kappa shape index (κ3) is 20.9. The summed E-state index contributed by atoms with van der Waals surface area (Å²) in [6.45, 7) is 7.52. The minimum Gasteiger partial charge on any atom is -0.370 e. The van der Waals surface area contributed by atoms with E-state index < -0.39 is 95.0 Å². The molecule has 78 heavy (non-hydrogen) atoms. The molecule has 2 heterocycles. The Hall–Kier alpha value is -7.89. The highest BCUT2D eigenvalue weighted by atomic mass is 16.2. The number of fused-ring (bicyclic) bond motifs is 1. The number of guanidine groups is 2. The topological polar surface area (TPSA) is 422 Å². The van der Waals surface area contributed by atoms with Crippen LogP contribution in [0.3, 0.4) is 0 Å². The zero-order valence-electron chi connectivity index (χ0n) is 45.3. The van der Waals surface area contributed by atoms with Crippen molar-refractivity contribution in [3.63, 3.8) is 0 Å². The molecule has 4 rings (SSSR count). The maximum atomic E-state index is 14.9. The Morgan fingerprint density at radius 1 is 0.744 bits per heavy atom. The lowest BCUT2D eigenvalue weighted by atomic mass is 9.83. The number of carbonyl (C=O) groups excluding carboxylic acids is 9. The second kappa shape index (κ2) is 30.7. The van der Waals surface area contributed by atoms with Gasteiger partial charge in [-0.2, -0.15) is 0 Å². The first kappa shape index (κ1) is 62.6. The monoisotopic (exact) mass is 1080 g/mol. The fourth-order valence-electron chi connectivity index (χ4n) is 9.17. The molecule has 2 aromatic carbocycles. The van der Waals surface area contributed by atoms with Gasteiger partial charge in [-0.1, -0.05) is 63.2 Å². The van der Waals surface area contributed by atoms with Gasteiger partial charge in [-0.3, -0.25) is 53.1 Å². The van der Waals surface area contributed by atoms with Crippen molar-refractivity contribution in [1.82, 2.24) is 36.9 Å². The van der Waals surface area contributed by atoms with Crippen molar-refractivity contribution in [1.29, 1.82) is 0 Å². The SMILES string of the molecule is CC(=O)N[C@@H](CCCN=C(N)N)C(=O)N[C@H]1CCC(=O)NCCC[C@@H](C(N)=O)NC(=O)[C@H](Cc2c[nH]c3ccccc23)CC(=O)[C@H](CCCN=C(N)N)CC(=O)[C@@H](Cc2ccc(C(C)(C)C)cc2)NC(=O)[C@H](CCN)NC1=O. The van der Waals surface area contributed by atoms with Crippen LogP contribution in [0.15, 0.2) is 64.7 Å². The van der Waals surface area contributed by atoms with Gasteiger partial charge >= 0.3 is 0 Å². The van der Waals surface area contributed by atoms with Crippen molar-refractivity contribution >= 4 is 75.7 Å². The van der Waals surface area contributed by atoms with Crippen molar-refractivity contribution < 1.29 is 43.2 Å². The van der Waals surface area contributed by atoms with Crippen LogP contribution in [0.1, 0.15) is 115 Å². The van der Waals surface area contributed by atoms with E-state index in [1.807, 2.05) is 48.5 Å². The molecular weight excluding hydrogens is 1000 g/mol. The number of carbonyl (C=O) groups is 9. The summed E-state index contributed by atoms with van der Waals surface area (Å²) in [5.74, 6) is -8.42. The standard InChI is InChI=1S/C54H81N15O9/c1-31(70)65-40(14-9-25-63-53(59)60)49(76)67-41-19-20-46(73)61-23-8-13-39(47(56)74)66-48(75)34(27-35-30-64-38-12-6-5-11-37(35)38)29-44(71)33(10-7-24-62-52(57)58)28-45(72)43(69-51(78)42(21-22-55)68-50(41)77)26-32-15-17-36(18-16-32)54(2,3)4/h5-6,11-12,15-18,30,33-34,39-43,64H,7-10,13-14,19-29,55H2,1-4H3,(H2,56,74)(H,61,73)(H,65,70)(H,66,75)(H,67,76)(H,68,77)(H,69,78)(H4,57,58,62)(H4,59,60,63)/t33-,34-,39+,40+,41+,42+,43-/m1/s1. The molecule has 1 aliphatic heterocycles. The molecular formula is C54H81N15O9. The first-order valence-electron chi connectivity index (χ1n) is 26.5. The van der Waals surface area contributed by atoms with Crippen molar-refractivity contribution in [2.45, 2.75) is 147 Å². The normalized spacial score (nSPS) is 21.2. The summed E-state index contributed by atoms with van der Waals surface area (Å²) in [7, 11) is 0. The van der Waals surface area contributed by atoms with Gasteiger partial charge < -0.3 is 71.3 Å². The van der Waals surface area contributed by atoms with Crippen LogP contribution in [0.2, 0.25) is 0 Å². The van der Waals surface area contributed by atoms with Crippen molar-refractivity contribution in [3.05, 3.63) is 71.4 Å². The molecule has 24 heteroatoms. The predicted molar refractivity (Wildman–Crippen MR) is 297 cm³/mol. The van der Waals surface area contributed by atoms with Crippen LogP contribution >= 0.6 is 0 Å². The average Bonchev–Trinajstić information content (AvgIpc) is 3.79. The van der Waals surface area contributed by atoms with Crippen molar-refractivity contribution in [2.24, 2.45) is 56.2 Å². The summed E-state index contributed by atoms with van der Waals surface area (Å²) in [6, 6.07) is 8.48. The van der Waals surface area contributed by atoms with E-state index in [0.717, 1.165) is 22.0 Å². The van der Waals surface area contributed by atoms with Crippen LogP contribution < -0.4 is 66.3 Å². The quantitative estimate of drug-likeness (QED) is 0.0433. The van der Waals surface area contributed by atoms with Crippen LogP contribution in [0, 0.1) is 11.8 Å². The minimum absolute atomic E-state index is 0.00425. The number of primary amides is 1. The number of rotatable bonds is 18. The summed E-state index contributed by atoms with van der Waals surface area (Å²) in [5, 5.41) is 17.0. The summed E-state index contributed by atoms with van der Waals surface area (Å²) < 4.78 is 0. The molecule has 426 valence electrons. The Bertz CT molecular complexity index is 2620. The Morgan fingerprint density at radius 2 is 1.40 bits per heavy atom. The number of nitrogens with zero attached hydrogens (tertiary/aromatic N) is 2. The Labute approximate surface area is 455 Å². The smallest absolute Gasteiger partial charge is 0.243 e. The summed E-state index contributed by atoms with van der Waals surface area (Å²) in [6.07, 6.45) is 1.13. The first-order valence-corrected chi connectivity index (χ1v) is 26.5. The van der Waals surface area contributed by atoms with Gasteiger partial charge in [0.05, 0.1) is 6.04 Å². The minimum atomic E-state index is -1.46. The second-order valence-corrected chi connectivity index (χ2v) is 20.9. The molecule has 0 unspecified atom stereocenters. The molecule has 24 nitrogen and oxygen atoms in total. The number of nitrogens with two attached hydrogens (primary N) is 6. The zero-order valence-corrected chi connectivity index (χ0v) is 45.3. The van der Waals surface area contributed by atoms with Gasteiger partial charge in [-0.05, 0) is 98.9 Å². The highest BCUT2D eigenvalue weighted by Gasteiger charge is 2.35. The molecule has 7 atom stereocenters. The molecule has 0 bridgehead atoms. The number of Topliss-reactive ketones (excluding diaryl/α,β-unsaturated/α-hetero) is 2. The van der Waals surface area contributed by atoms with E-state index in [-0.39, 0.29) is 127 Å². The number of ketones is 2. The van der Waals surface area contributed by atoms with Gasteiger partial charge in [0.2, 0.25) is 41.4 Å². The van der Waals surface area contributed by atoms with Gasteiger partial charge in [-0.25, -0.2) is 0 Å². The van der Waals surface area contributed by atoms with Crippen molar-refractivity contribution in [2.75, 3.05) is 26.2 Å². The Balaban J connectivity index is 1.80. The lowest BCUT2D eigenvalue weighted by Crippen LogP contribution is -2.58. The zero-order chi connectivity index (χ0) is 57.5. The number of nitrogens with one attached hydrogen (secondary N) is 7. The fraction of sp³-hybridized carbons (Fsp3) is 0.537. The maximum Gasteiger partial charge on any atom is 0.243 e. The average molecular weight is 1080 g/mol. The largest absolute Gasteiger partial charge is 0.370 e. The lowest BCUT2D eigenvalue weighted by Gasteiger charge is -2.27. The van der Waals surface area contributed by atoms with E-state index in [1.54, 1.807) is 6.20 Å². The molecule has 1 aliphatic rings. The molecule has 1 fully saturated rings. The van der Waals surface area contributed by atoms with E-state index in [0.29, 0.717) is 5.56 Å². The number of para-hydroxylation sites is 1.